The number of aliphatic hydroxyl groups excluding tert-OH is 4. The van der Waals surface area contributed by atoms with Gasteiger partial charge in [0.15, 0.2) is 0 Å². The fourth-order valence-corrected chi connectivity index (χ4v) is 4.38. The largest absolute Gasteiger partial charge is 0.507 e. The summed E-state index contributed by atoms with van der Waals surface area (Å²) >= 11 is 0. The minimum absolute atomic E-state index is 0.000205. The number of hydrogen-bond donors (Lipinski definition) is 9. The van der Waals surface area contributed by atoms with Crippen molar-refractivity contribution in [1.82, 2.24) is 0 Å². The fourth-order valence-electron chi connectivity index (χ4n) is 4.38. The molecule has 0 radical (unpaired) electrons. The first-order valence-electron chi connectivity index (χ1n) is 11.8. The molecule has 200 valence electrons. The summed E-state index contributed by atoms with van der Waals surface area (Å²) in [5, 5.41) is 91.4. The molecule has 37 heavy (non-hydrogen) atoms. The molecule has 0 aromatic heterocycles. The van der Waals surface area contributed by atoms with E-state index in [4.69, 9.17) is 0 Å². The maximum Gasteiger partial charge on any atom is 0.130 e. The van der Waals surface area contributed by atoms with Crippen LogP contribution in [0.2, 0.25) is 0 Å². The quantitative estimate of drug-likeness (QED) is 0.218. The maximum absolute atomic E-state index is 11.2. The zero-order valence-electron chi connectivity index (χ0n) is 21.1. The molecule has 0 aliphatic carbocycles. The van der Waals surface area contributed by atoms with Crippen molar-refractivity contribution in [3.63, 3.8) is 0 Å². The third-order valence-corrected chi connectivity index (χ3v) is 6.61. The summed E-state index contributed by atoms with van der Waals surface area (Å²) in [6, 6.07) is 6.35. The Labute approximate surface area is 214 Å². The molecule has 9 heteroatoms. The SMILES string of the molecule is CC(C)(C)c1cc(Cc2cc(CO)c(O)c(CO)c2O)c(O)c(Cc2cc(CO)c(O)c(CO)c2O)c1. The van der Waals surface area contributed by atoms with E-state index in [0.29, 0.717) is 11.1 Å². The number of phenols is 5. The first-order chi connectivity index (χ1) is 17.4. The summed E-state index contributed by atoms with van der Waals surface area (Å²) in [4.78, 5) is 0. The van der Waals surface area contributed by atoms with E-state index in [-0.39, 0.29) is 68.9 Å². The van der Waals surface area contributed by atoms with Crippen LogP contribution < -0.4 is 0 Å². The molecule has 0 unspecified atom stereocenters. The molecule has 9 nitrogen and oxygen atoms in total. The molecule has 0 bridgehead atoms. The van der Waals surface area contributed by atoms with Gasteiger partial charge in [0, 0.05) is 24.0 Å². The molecule has 3 aromatic rings. The molecule has 9 N–H and O–H groups in total. The van der Waals surface area contributed by atoms with Crippen LogP contribution in [0.1, 0.15) is 70.8 Å². The molecule has 3 rings (SSSR count). The molecule has 0 atom stereocenters. The highest BCUT2D eigenvalue weighted by molar-refractivity contribution is 5.58. The molecular formula is C28H34O9. The van der Waals surface area contributed by atoms with Gasteiger partial charge < -0.3 is 46.0 Å². The zero-order valence-corrected chi connectivity index (χ0v) is 21.1. The van der Waals surface area contributed by atoms with Crippen LogP contribution >= 0.6 is 0 Å². The summed E-state index contributed by atoms with van der Waals surface area (Å²) in [5.41, 5.74) is 1.83. The van der Waals surface area contributed by atoms with Gasteiger partial charge in [-0.05, 0) is 45.4 Å². The summed E-state index contributed by atoms with van der Waals surface area (Å²) in [5.74, 6) is -1.63. The van der Waals surface area contributed by atoms with E-state index >= 15 is 0 Å². The molecule has 0 spiro atoms. The third-order valence-electron chi connectivity index (χ3n) is 6.61. The highest BCUT2D eigenvalue weighted by Gasteiger charge is 2.24. The molecule has 0 saturated heterocycles. The number of benzene rings is 3. The van der Waals surface area contributed by atoms with Crippen molar-refractivity contribution in [2.24, 2.45) is 0 Å². The van der Waals surface area contributed by atoms with E-state index in [1.807, 2.05) is 20.8 Å². The first-order valence-corrected chi connectivity index (χ1v) is 11.8. The van der Waals surface area contributed by atoms with E-state index in [1.165, 1.54) is 12.1 Å². The van der Waals surface area contributed by atoms with Crippen LogP contribution in [0.25, 0.3) is 0 Å². The standard InChI is InChI=1S/C28H34O9/c1-28(2,3)20-8-16(4-14-6-18(10-29)26(36)21(12-31)24(14)34)23(33)17(9-20)5-15-7-19(11-30)27(37)22(13-32)25(15)35/h6-9,29-37H,4-5,10-13H2,1-3H3. The van der Waals surface area contributed by atoms with E-state index in [0.717, 1.165) is 5.56 Å². The molecule has 3 aromatic carbocycles. The van der Waals surface area contributed by atoms with Crippen LogP contribution in [0.5, 0.6) is 28.7 Å². The molecule has 0 amide bonds. The second-order valence-corrected chi connectivity index (χ2v) is 10.1. The van der Waals surface area contributed by atoms with E-state index < -0.39 is 37.9 Å². The van der Waals surface area contributed by atoms with Crippen LogP contribution in [-0.4, -0.2) is 46.0 Å². The van der Waals surface area contributed by atoms with Crippen LogP contribution in [-0.2, 0) is 44.7 Å². The van der Waals surface area contributed by atoms with Crippen molar-refractivity contribution in [2.45, 2.75) is 65.5 Å². The van der Waals surface area contributed by atoms with Gasteiger partial charge in [-0.1, -0.05) is 32.9 Å². The zero-order chi connectivity index (χ0) is 27.7. The second-order valence-electron chi connectivity index (χ2n) is 10.1. The maximum atomic E-state index is 11.2. The molecule has 0 aliphatic heterocycles. The Morgan fingerprint density at radius 2 is 0.784 bits per heavy atom. The van der Waals surface area contributed by atoms with Crippen molar-refractivity contribution in [3.05, 3.63) is 74.3 Å². The van der Waals surface area contributed by atoms with Crippen LogP contribution in [0.3, 0.4) is 0 Å². The Bertz CT molecular complexity index is 1220. The highest BCUT2D eigenvalue weighted by Crippen LogP contribution is 2.41. The highest BCUT2D eigenvalue weighted by atomic mass is 16.3. The van der Waals surface area contributed by atoms with Crippen LogP contribution in [0.4, 0.5) is 0 Å². The van der Waals surface area contributed by atoms with Crippen molar-refractivity contribution >= 4 is 0 Å². The van der Waals surface area contributed by atoms with Crippen molar-refractivity contribution < 1.29 is 46.0 Å². The molecule has 0 heterocycles. The molecule has 0 saturated carbocycles. The van der Waals surface area contributed by atoms with Gasteiger partial charge in [0.05, 0.1) is 37.6 Å². The third kappa shape index (κ3) is 5.45. The van der Waals surface area contributed by atoms with Gasteiger partial charge >= 0.3 is 0 Å². The fraction of sp³-hybridized carbons (Fsp3) is 0.357. The topological polar surface area (TPSA) is 182 Å². The Morgan fingerprint density at radius 3 is 1.08 bits per heavy atom. The average molecular weight is 515 g/mol. The van der Waals surface area contributed by atoms with Gasteiger partial charge in [-0.3, -0.25) is 0 Å². The summed E-state index contributed by atoms with van der Waals surface area (Å²) in [6.45, 7) is 3.58. The van der Waals surface area contributed by atoms with Gasteiger partial charge in [0.25, 0.3) is 0 Å². The minimum Gasteiger partial charge on any atom is -0.507 e. The summed E-state index contributed by atoms with van der Waals surface area (Å²) in [7, 11) is 0. The Balaban J connectivity index is 2.19. The average Bonchev–Trinajstić information content (AvgIpc) is 2.84. The number of hydrogen-bond acceptors (Lipinski definition) is 9. The second kappa shape index (κ2) is 10.9. The van der Waals surface area contributed by atoms with Gasteiger partial charge in [-0.25, -0.2) is 0 Å². The van der Waals surface area contributed by atoms with Crippen LogP contribution in [0.15, 0.2) is 24.3 Å². The number of rotatable bonds is 8. The molecule has 0 aliphatic rings. The van der Waals surface area contributed by atoms with Gasteiger partial charge in [-0.15, -0.1) is 0 Å². The molecule has 0 fully saturated rings. The lowest BCUT2D eigenvalue weighted by Gasteiger charge is -2.23. The Kier molecular flexibility index (Phi) is 8.24. The molecular weight excluding hydrogens is 480 g/mol. The predicted octanol–water partition coefficient (Wildman–Crippen LogP) is 2.66. The van der Waals surface area contributed by atoms with E-state index in [1.54, 1.807) is 12.1 Å². The van der Waals surface area contributed by atoms with Gasteiger partial charge in [-0.2, -0.15) is 0 Å². The van der Waals surface area contributed by atoms with Gasteiger partial charge in [0.1, 0.15) is 28.7 Å². The number of aromatic hydroxyl groups is 5. The lowest BCUT2D eigenvalue weighted by atomic mass is 9.82. The van der Waals surface area contributed by atoms with E-state index in [9.17, 15) is 46.0 Å². The minimum atomic E-state index is -0.654. The normalized spacial score (nSPS) is 11.8. The van der Waals surface area contributed by atoms with Gasteiger partial charge in [0.2, 0.25) is 0 Å². The Hall–Kier alpha value is -3.50. The Morgan fingerprint density at radius 1 is 0.459 bits per heavy atom. The lowest BCUT2D eigenvalue weighted by Crippen LogP contribution is -2.13. The number of aliphatic hydroxyl groups is 4. The number of phenolic OH excluding ortho intramolecular Hbond substituents is 1. The lowest BCUT2D eigenvalue weighted by molar-refractivity contribution is 0.257. The smallest absolute Gasteiger partial charge is 0.130 e. The summed E-state index contributed by atoms with van der Waals surface area (Å²) < 4.78 is 0. The first kappa shape index (κ1) is 28.1. The van der Waals surface area contributed by atoms with E-state index in [2.05, 4.69) is 0 Å². The van der Waals surface area contributed by atoms with Crippen molar-refractivity contribution in [1.29, 1.82) is 0 Å². The van der Waals surface area contributed by atoms with Crippen molar-refractivity contribution in [3.8, 4) is 28.7 Å². The van der Waals surface area contributed by atoms with Crippen LogP contribution in [0, 0.1) is 0 Å². The monoisotopic (exact) mass is 514 g/mol. The van der Waals surface area contributed by atoms with Crippen molar-refractivity contribution in [2.75, 3.05) is 0 Å². The predicted molar refractivity (Wildman–Crippen MR) is 136 cm³/mol. The summed E-state index contributed by atoms with van der Waals surface area (Å²) in [6.07, 6.45) is 0.000410.